The van der Waals surface area contributed by atoms with Crippen LogP contribution < -0.4 is 5.84 Å². The molecule has 0 unspecified atom stereocenters. The molecule has 18 heavy (non-hydrogen) atoms. The van der Waals surface area contributed by atoms with E-state index in [0.717, 1.165) is 0 Å². The van der Waals surface area contributed by atoms with Gasteiger partial charge >= 0.3 is 0 Å². The molecule has 0 spiro atoms. The van der Waals surface area contributed by atoms with Crippen LogP contribution in [0, 0.1) is 0 Å². The first-order valence-corrected chi connectivity index (χ1v) is 6.31. The van der Waals surface area contributed by atoms with Crippen LogP contribution in [0.1, 0.15) is 5.82 Å². The molecule has 2 aromatic rings. The lowest BCUT2D eigenvalue weighted by Gasteiger charge is -2.09. The number of halogens is 3. The minimum absolute atomic E-state index is 0.293. The van der Waals surface area contributed by atoms with E-state index in [1.54, 1.807) is 6.07 Å². The normalized spacial score (nSPS) is 15.6. The van der Waals surface area contributed by atoms with Gasteiger partial charge in [0.25, 0.3) is 0 Å². The average molecular weight is 305 g/mol. The number of aromatic nitrogens is 2. The summed E-state index contributed by atoms with van der Waals surface area (Å²) < 4.78 is 0. The molecule has 0 saturated heterocycles. The number of fused-ring (bicyclic) bond motifs is 1. The molecule has 3 N–H and O–H groups in total. The van der Waals surface area contributed by atoms with Crippen LogP contribution in [-0.2, 0) is 0 Å². The Balaban J connectivity index is 2.20. The molecule has 0 fully saturated rings. The van der Waals surface area contributed by atoms with E-state index in [-0.39, 0.29) is 0 Å². The van der Waals surface area contributed by atoms with Gasteiger partial charge in [0.1, 0.15) is 5.52 Å². The largest absolute Gasteiger partial charge is 0.335 e. The van der Waals surface area contributed by atoms with Gasteiger partial charge in [0.2, 0.25) is 0 Å². The van der Waals surface area contributed by atoms with E-state index >= 15 is 0 Å². The van der Waals surface area contributed by atoms with Crippen molar-refractivity contribution >= 4 is 51.7 Å². The Labute approximate surface area is 118 Å². The Hall–Kier alpha value is -1.01. The fraction of sp³-hybridized carbons (Fsp3) is 0.200. The second kappa shape index (κ2) is 4.28. The van der Waals surface area contributed by atoms with Gasteiger partial charge in [-0.25, -0.2) is 10.8 Å². The topological polar surface area (TPSA) is 70.3 Å². The van der Waals surface area contributed by atoms with E-state index in [1.807, 2.05) is 0 Å². The molecule has 8 heteroatoms. The van der Waals surface area contributed by atoms with E-state index in [4.69, 9.17) is 40.6 Å². The smallest absolute Gasteiger partial charge is 0.181 e. The highest BCUT2D eigenvalue weighted by Gasteiger charge is 2.20. The summed E-state index contributed by atoms with van der Waals surface area (Å²) in [6.45, 7) is 1.32. The Morgan fingerprint density at radius 3 is 2.72 bits per heavy atom. The van der Waals surface area contributed by atoms with E-state index in [1.165, 1.54) is 5.01 Å². The molecule has 1 aliphatic heterocycles. The zero-order valence-corrected chi connectivity index (χ0v) is 11.3. The number of amidine groups is 1. The third-order valence-corrected chi connectivity index (χ3v) is 3.95. The number of hydrazine groups is 1. The highest BCUT2D eigenvalue weighted by atomic mass is 35.5. The standard InChI is InChI=1S/C10H8Cl3N5/c11-4-3-5-8(7(13)6(4)12)17-9(16-5)10-15-1-2-18(10)14/h3H,1-2,14H2,(H,16,17). The molecule has 0 saturated carbocycles. The van der Waals surface area contributed by atoms with Crippen LogP contribution in [0.3, 0.4) is 0 Å². The second-order valence-corrected chi connectivity index (χ2v) is 5.03. The number of hydrogen-bond acceptors (Lipinski definition) is 4. The molecule has 0 amide bonds. The minimum Gasteiger partial charge on any atom is -0.335 e. The van der Waals surface area contributed by atoms with Crippen molar-refractivity contribution in [3.05, 3.63) is 27.0 Å². The Bertz CT molecular complexity index is 663. The van der Waals surface area contributed by atoms with Gasteiger partial charge < -0.3 is 4.98 Å². The first-order valence-electron chi connectivity index (χ1n) is 5.18. The summed E-state index contributed by atoms with van der Waals surface area (Å²) in [5, 5.41) is 2.53. The molecule has 0 aliphatic carbocycles. The SMILES string of the molecule is NN1CCN=C1c1nc2c(Cl)c(Cl)c(Cl)cc2[nH]1. The first kappa shape index (κ1) is 12.0. The average Bonchev–Trinajstić information content (AvgIpc) is 2.92. The molecule has 1 aromatic heterocycles. The number of nitrogens with zero attached hydrogens (tertiary/aromatic N) is 3. The summed E-state index contributed by atoms with van der Waals surface area (Å²) in [5.74, 6) is 6.95. The fourth-order valence-corrected chi connectivity index (χ4v) is 2.48. The summed E-state index contributed by atoms with van der Waals surface area (Å²) in [6.07, 6.45) is 0. The maximum Gasteiger partial charge on any atom is 0.181 e. The van der Waals surface area contributed by atoms with Crippen molar-refractivity contribution in [3.63, 3.8) is 0 Å². The van der Waals surface area contributed by atoms with Crippen LogP contribution >= 0.6 is 34.8 Å². The lowest BCUT2D eigenvalue weighted by Crippen LogP contribution is -2.35. The molecule has 3 rings (SSSR count). The van der Waals surface area contributed by atoms with Crippen LogP contribution in [0.2, 0.25) is 15.1 Å². The highest BCUT2D eigenvalue weighted by Crippen LogP contribution is 2.35. The fourth-order valence-electron chi connectivity index (χ4n) is 1.83. The summed E-state index contributed by atoms with van der Waals surface area (Å²) in [7, 11) is 0. The van der Waals surface area contributed by atoms with Gasteiger partial charge in [-0.05, 0) is 6.07 Å². The zero-order valence-electron chi connectivity index (χ0n) is 9.04. The van der Waals surface area contributed by atoms with Crippen LogP contribution in [0.25, 0.3) is 11.0 Å². The molecule has 1 aromatic carbocycles. The van der Waals surface area contributed by atoms with Crippen molar-refractivity contribution in [2.45, 2.75) is 0 Å². The maximum absolute atomic E-state index is 6.10. The molecule has 0 atom stereocenters. The van der Waals surface area contributed by atoms with Gasteiger partial charge in [0, 0.05) is 0 Å². The molecule has 1 aliphatic rings. The van der Waals surface area contributed by atoms with Crippen molar-refractivity contribution in [2.75, 3.05) is 13.1 Å². The Morgan fingerprint density at radius 2 is 2.06 bits per heavy atom. The number of benzene rings is 1. The van der Waals surface area contributed by atoms with Crippen LogP contribution in [0.15, 0.2) is 11.1 Å². The minimum atomic E-state index is 0.293. The molecule has 0 bridgehead atoms. The summed E-state index contributed by atoms with van der Waals surface area (Å²) in [6, 6.07) is 1.68. The number of H-pyrrole nitrogens is 1. The monoisotopic (exact) mass is 303 g/mol. The van der Waals surface area contributed by atoms with Crippen molar-refractivity contribution in [1.82, 2.24) is 15.0 Å². The molecule has 94 valence electrons. The molecule has 0 radical (unpaired) electrons. The number of rotatable bonds is 1. The van der Waals surface area contributed by atoms with Gasteiger partial charge in [-0.15, -0.1) is 0 Å². The van der Waals surface area contributed by atoms with E-state index in [9.17, 15) is 0 Å². The van der Waals surface area contributed by atoms with Gasteiger partial charge in [-0.1, -0.05) is 34.8 Å². The summed E-state index contributed by atoms with van der Waals surface area (Å²) in [5.41, 5.74) is 1.26. The van der Waals surface area contributed by atoms with Crippen LogP contribution in [0.5, 0.6) is 0 Å². The van der Waals surface area contributed by atoms with E-state index < -0.39 is 0 Å². The summed E-state index contributed by atoms with van der Waals surface area (Å²) >= 11 is 18.0. The van der Waals surface area contributed by atoms with Crippen molar-refractivity contribution in [2.24, 2.45) is 10.8 Å². The predicted molar refractivity (Wildman–Crippen MR) is 73.4 cm³/mol. The van der Waals surface area contributed by atoms with Crippen molar-refractivity contribution in [3.8, 4) is 0 Å². The maximum atomic E-state index is 6.10. The van der Waals surface area contributed by atoms with Gasteiger partial charge in [0.05, 0.1) is 33.7 Å². The number of nitrogens with two attached hydrogens (primary N) is 1. The lowest BCUT2D eigenvalue weighted by atomic mass is 10.3. The molecular formula is C10H8Cl3N5. The number of aliphatic imine (C=N–C) groups is 1. The van der Waals surface area contributed by atoms with Crippen LogP contribution in [-0.4, -0.2) is 33.9 Å². The lowest BCUT2D eigenvalue weighted by molar-refractivity contribution is 0.482. The van der Waals surface area contributed by atoms with Gasteiger partial charge in [-0.2, -0.15) is 0 Å². The third kappa shape index (κ3) is 1.75. The second-order valence-electron chi connectivity index (χ2n) is 3.87. The molecule has 2 heterocycles. The van der Waals surface area contributed by atoms with Gasteiger partial charge in [-0.3, -0.25) is 10.0 Å². The zero-order chi connectivity index (χ0) is 12.9. The summed E-state index contributed by atoms with van der Waals surface area (Å²) in [4.78, 5) is 11.7. The number of aromatic amines is 1. The Kier molecular flexibility index (Phi) is 2.86. The van der Waals surface area contributed by atoms with E-state index in [0.29, 0.717) is 50.9 Å². The van der Waals surface area contributed by atoms with Crippen molar-refractivity contribution in [1.29, 1.82) is 0 Å². The van der Waals surface area contributed by atoms with E-state index in [2.05, 4.69) is 15.0 Å². The molecular weight excluding hydrogens is 297 g/mol. The third-order valence-electron chi connectivity index (χ3n) is 2.70. The first-order chi connectivity index (χ1) is 8.58. The molecule has 5 nitrogen and oxygen atoms in total. The van der Waals surface area contributed by atoms with Crippen LogP contribution in [0.4, 0.5) is 0 Å². The van der Waals surface area contributed by atoms with Gasteiger partial charge in [0.15, 0.2) is 11.7 Å². The number of hydrogen-bond donors (Lipinski definition) is 2. The highest BCUT2D eigenvalue weighted by molar-refractivity contribution is 6.50. The number of nitrogens with one attached hydrogen (secondary N) is 1. The van der Waals surface area contributed by atoms with Crippen molar-refractivity contribution < 1.29 is 0 Å². The predicted octanol–water partition coefficient (Wildman–Crippen LogP) is 2.46. The number of imidazole rings is 1. The Morgan fingerprint density at radius 1 is 1.28 bits per heavy atom. The quantitative estimate of drug-likeness (QED) is 0.628.